The number of aliphatic hydroxyl groups is 2. The molecule has 3 N–H and O–H groups in total. The fourth-order valence-electron chi connectivity index (χ4n) is 3.72. The maximum atomic E-state index is 13.4. The molecule has 1 saturated heterocycles. The molecule has 31 heavy (non-hydrogen) atoms. The molecular weight excluding hydrogens is 433 g/mol. The van der Waals surface area contributed by atoms with Crippen molar-refractivity contribution in [1.29, 1.82) is 0 Å². The molecular formula is C21H23F3N2O4S. The van der Waals surface area contributed by atoms with E-state index in [1.807, 2.05) is 17.5 Å². The van der Waals surface area contributed by atoms with Gasteiger partial charge in [-0.05, 0) is 42.3 Å². The van der Waals surface area contributed by atoms with Gasteiger partial charge in [0.1, 0.15) is 0 Å². The van der Waals surface area contributed by atoms with E-state index < -0.39 is 41.8 Å². The van der Waals surface area contributed by atoms with E-state index >= 15 is 0 Å². The second-order valence-electron chi connectivity index (χ2n) is 7.28. The van der Waals surface area contributed by atoms with Gasteiger partial charge in [-0.2, -0.15) is 13.2 Å². The van der Waals surface area contributed by atoms with Gasteiger partial charge in [0.15, 0.2) is 12.2 Å². The molecule has 1 aromatic heterocycles. The van der Waals surface area contributed by atoms with Crippen LogP contribution >= 0.6 is 11.3 Å². The van der Waals surface area contributed by atoms with Crippen molar-refractivity contribution in [3.05, 3.63) is 57.8 Å². The van der Waals surface area contributed by atoms with Crippen LogP contribution in [0.15, 0.2) is 41.8 Å². The van der Waals surface area contributed by atoms with Crippen LogP contribution < -0.4 is 5.32 Å². The van der Waals surface area contributed by atoms with Crippen molar-refractivity contribution in [1.82, 2.24) is 10.2 Å². The topological polar surface area (TPSA) is 89.9 Å². The predicted octanol–water partition coefficient (Wildman–Crippen LogP) is 2.51. The molecule has 2 aromatic rings. The number of nitrogens with zero attached hydrogens (tertiary/aromatic N) is 1. The summed E-state index contributed by atoms with van der Waals surface area (Å²) in [5.41, 5.74) is -0.913. The molecule has 0 radical (unpaired) electrons. The van der Waals surface area contributed by atoms with Gasteiger partial charge in [0.05, 0.1) is 11.6 Å². The number of amides is 2. The highest BCUT2D eigenvalue weighted by Crippen LogP contribution is 2.40. The number of likely N-dealkylation sites (tertiary alicyclic amines) is 1. The van der Waals surface area contributed by atoms with E-state index in [9.17, 15) is 33.0 Å². The third-order valence-electron chi connectivity index (χ3n) is 5.23. The van der Waals surface area contributed by atoms with Crippen molar-refractivity contribution >= 4 is 23.2 Å². The van der Waals surface area contributed by atoms with Gasteiger partial charge >= 0.3 is 6.18 Å². The minimum Gasteiger partial charge on any atom is -0.380 e. The smallest absolute Gasteiger partial charge is 0.380 e. The number of hydrogen-bond donors (Lipinski definition) is 3. The molecule has 1 aliphatic heterocycles. The minimum absolute atomic E-state index is 0.0667. The Morgan fingerprint density at radius 1 is 1.16 bits per heavy atom. The number of aliphatic hydroxyl groups excluding tert-OH is 2. The summed E-state index contributed by atoms with van der Waals surface area (Å²) in [6, 6.07) is 7.83. The molecule has 1 unspecified atom stereocenters. The average Bonchev–Trinajstić information content (AvgIpc) is 3.43. The molecule has 1 fully saturated rings. The highest BCUT2D eigenvalue weighted by atomic mass is 32.1. The normalized spacial score (nSPS) is 18.6. The van der Waals surface area contributed by atoms with Crippen LogP contribution in [-0.2, 0) is 22.2 Å². The van der Waals surface area contributed by atoms with Crippen LogP contribution in [0.3, 0.4) is 0 Å². The Morgan fingerprint density at radius 3 is 2.58 bits per heavy atom. The lowest BCUT2D eigenvalue weighted by atomic mass is 9.97. The molecule has 2 heterocycles. The molecule has 0 saturated carbocycles. The number of thiophene rings is 1. The first-order valence-electron chi connectivity index (χ1n) is 9.83. The van der Waals surface area contributed by atoms with Crippen molar-refractivity contribution in [2.75, 3.05) is 13.1 Å². The fraction of sp³-hybridized carbons (Fsp3) is 0.429. The Balaban J connectivity index is 1.66. The molecule has 3 atom stereocenters. The lowest BCUT2D eigenvalue weighted by Crippen LogP contribution is -2.50. The van der Waals surface area contributed by atoms with E-state index in [0.717, 1.165) is 15.8 Å². The van der Waals surface area contributed by atoms with Gasteiger partial charge < -0.3 is 20.4 Å². The summed E-state index contributed by atoms with van der Waals surface area (Å²) in [5.74, 6) is -1.88. The number of rotatable bonds is 7. The van der Waals surface area contributed by atoms with Gasteiger partial charge in [0, 0.05) is 18.0 Å². The maximum Gasteiger partial charge on any atom is 0.416 e. The van der Waals surface area contributed by atoms with Crippen molar-refractivity contribution < 1.29 is 33.0 Å². The molecule has 10 heteroatoms. The van der Waals surface area contributed by atoms with Crippen molar-refractivity contribution in [3.8, 4) is 0 Å². The minimum atomic E-state index is -4.59. The standard InChI is InChI=1S/C21H23F3N2O4S/c22-21(23,24)15-7-2-1-6-14(15)16-8-3-11-26(16)20(30)18(28)17(27)19(29)25-10-9-13-5-4-12-31-13/h1-2,4-7,12,16-18,27-28H,3,8-11H2,(H,25,29)/t16?,17-,18-/m1/s1. The van der Waals surface area contributed by atoms with Crippen LogP contribution in [0.2, 0.25) is 0 Å². The van der Waals surface area contributed by atoms with Crippen molar-refractivity contribution in [2.24, 2.45) is 0 Å². The Bertz CT molecular complexity index is 904. The van der Waals surface area contributed by atoms with Crippen LogP contribution in [0, 0.1) is 0 Å². The first kappa shape index (κ1) is 23.2. The zero-order chi connectivity index (χ0) is 22.6. The van der Waals surface area contributed by atoms with Crippen molar-refractivity contribution in [3.63, 3.8) is 0 Å². The lowest BCUT2D eigenvalue weighted by Gasteiger charge is -2.30. The van der Waals surface area contributed by atoms with Gasteiger partial charge in [-0.15, -0.1) is 11.3 Å². The number of benzene rings is 1. The maximum absolute atomic E-state index is 13.4. The zero-order valence-electron chi connectivity index (χ0n) is 16.5. The second kappa shape index (κ2) is 9.80. The van der Waals surface area contributed by atoms with Crippen LogP contribution in [0.25, 0.3) is 0 Å². The molecule has 0 spiro atoms. The third kappa shape index (κ3) is 5.44. The summed E-state index contributed by atoms with van der Waals surface area (Å²) in [6.45, 7) is 0.335. The molecule has 1 aromatic carbocycles. The summed E-state index contributed by atoms with van der Waals surface area (Å²) >= 11 is 1.51. The van der Waals surface area contributed by atoms with E-state index in [0.29, 0.717) is 12.8 Å². The monoisotopic (exact) mass is 456 g/mol. The Labute approximate surface area is 181 Å². The quantitative estimate of drug-likeness (QED) is 0.597. The zero-order valence-corrected chi connectivity index (χ0v) is 17.3. The van der Waals surface area contributed by atoms with E-state index in [1.54, 1.807) is 0 Å². The van der Waals surface area contributed by atoms with Crippen LogP contribution in [0.1, 0.15) is 34.9 Å². The third-order valence-corrected chi connectivity index (χ3v) is 6.17. The lowest BCUT2D eigenvalue weighted by molar-refractivity contribution is -0.154. The van der Waals surface area contributed by atoms with E-state index in [1.165, 1.54) is 29.5 Å². The number of nitrogens with one attached hydrogen (secondary N) is 1. The van der Waals surface area contributed by atoms with Crippen LogP contribution in [-0.4, -0.2) is 52.2 Å². The molecule has 6 nitrogen and oxygen atoms in total. The van der Waals surface area contributed by atoms with Gasteiger partial charge in [0.2, 0.25) is 0 Å². The van der Waals surface area contributed by atoms with Crippen LogP contribution in [0.5, 0.6) is 0 Å². The second-order valence-corrected chi connectivity index (χ2v) is 8.32. The summed E-state index contributed by atoms with van der Waals surface area (Å²) in [6.07, 6.45) is -7.42. The number of alkyl halides is 3. The Hall–Kier alpha value is -2.43. The average molecular weight is 456 g/mol. The predicted molar refractivity (Wildman–Crippen MR) is 108 cm³/mol. The largest absolute Gasteiger partial charge is 0.416 e. The van der Waals surface area contributed by atoms with E-state index in [-0.39, 0.29) is 25.1 Å². The number of carbonyl (C=O) groups excluding carboxylic acids is 2. The number of hydrogen-bond acceptors (Lipinski definition) is 5. The Kier molecular flexibility index (Phi) is 7.34. The van der Waals surface area contributed by atoms with Gasteiger partial charge in [-0.3, -0.25) is 9.59 Å². The number of carbonyl (C=O) groups is 2. The fourth-order valence-corrected chi connectivity index (χ4v) is 4.43. The molecule has 1 aliphatic rings. The van der Waals surface area contributed by atoms with Crippen LogP contribution in [0.4, 0.5) is 13.2 Å². The summed E-state index contributed by atoms with van der Waals surface area (Å²) in [7, 11) is 0. The number of halogens is 3. The molecule has 168 valence electrons. The highest BCUT2D eigenvalue weighted by Gasteiger charge is 2.42. The highest BCUT2D eigenvalue weighted by molar-refractivity contribution is 7.09. The molecule has 3 rings (SSSR count). The summed E-state index contributed by atoms with van der Waals surface area (Å²) in [5, 5.41) is 24.7. The molecule has 0 bridgehead atoms. The summed E-state index contributed by atoms with van der Waals surface area (Å²) in [4.78, 5) is 27.0. The summed E-state index contributed by atoms with van der Waals surface area (Å²) < 4.78 is 40.2. The van der Waals surface area contributed by atoms with Gasteiger partial charge in [-0.1, -0.05) is 24.3 Å². The van der Waals surface area contributed by atoms with Gasteiger partial charge in [0.25, 0.3) is 11.8 Å². The molecule has 0 aliphatic carbocycles. The van der Waals surface area contributed by atoms with E-state index in [4.69, 9.17) is 0 Å². The molecule has 2 amide bonds. The van der Waals surface area contributed by atoms with Gasteiger partial charge in [-0.25, -0.2) is 0 Å². The first-order chi connectivity index (χ1) is 14.7. The van der Waals surface area contributed by atoms with Crippen molar-refractivity contribution in [2.45, 2.75) is 43.7 Å². The SMILES string of the molecule is O=C(NCCc1cccs1)[C@H](O)[C@@H](O)C(=O)N1CCCC1c1ccccc1C(F)(F)F. The van der Waals surface area contributed by atoms with E-state index in [2.05, 4.69) is 5.32 Å². The Morgan fingerprint density at radius 2 is 1.90 bits per heavy atom. The first-order valence-corrected chi connectivity index (χ1v) is 10.7.